The van der Waals surface area contributed by atoms with Crippen molar-refractivity contribution in [3.63, 3.8) is 0 Å². The van der Waals surface area contributed by atoms with Crippen LogP contribution in [-0.2, 0) is 0 Å². The Bertz CT molecular complexity index is 1020. The Morgan fingerprint density at radius 1 is 0.741 bits per heavy atom. The normalized spacial score (nSPS) is 10.9. The second-order valence-corrected chi connectivity index (χ2v) is 6.72. The number of hydrogen-bond donors (Lipinski definition) is 0. The molecular weight excluding hydrogens is 330 g/mol. The van der Waals surface area contributed by atoms with Crippen LogP contribution in [0.25, 0.3) is 33.2 Å². The van der Waals surface area contributed by atoms with Crippen molar-refractivity contribution in [3.05, 3.63) is 85.1 Å². The highest BCUT2D eigenvalue weighted by molar-refractivity contribution is 5.88. The Morgan fingerprint density at radius 3 is 2.30 bits per heavy atom. The lowest BCUT2D eigenvalue weighted by Gasteiger charge is -2.08. The third-order valence-corrected chi connectivity index (χ3v) is 4.74. The van der Waals surface area contributed by atoms with E-state index in [0.29, 0.717) is 0 Å². The first-order valence-corrected chi connectivity index (χ1v) is 9.52. The van der Waals surface area contributed by atoms with E-state index in [-0.39, 0.29) is 0 Å². The number of unbranched alkanes of at least 4 members (excludes halogenated alkanes) is 1. The van der Waals surface area contributed by atoms with Crippen LogP contribution < -0.4 is 4.74 Å². The zero-order valence-corrected chi connectivity index (χ0v) is 15.6. The van der Waals surface area contributed by atoms with Crippen LogP contribution in [0.3, 0.4) is 0 Å². The highest BCUT2D eigenvalue weighted by Crippen LogP contribution is 2.27. The van der Waals surface area contributed by atoms with Crippen molar-refractivity contribution in [3.8, 4) is 28.1 Å². The summed E-state index contributed by atoms with van der Waals surface area (Å²) in [6, 6.07) is 27.3. The summed E-state index contributed by atoms with van der Waals surface area (Å²) in [5.41, 5.74) is 4.43. The van der Waals surface area contributed by atoms with Crippen LogP contribution in [0.5, 0.6) is 5.75 Å². The zero-order chi connectivity index (χ0) is 18.5. The lowest BCUT2D eigenvalue weighted by atomic mass is 10.0. The molecule has 0 spiro atoms. The van der Waals surface area contributed by atoms with Crippen LogP contribution in [-0.4, -0.2) is 11.6 Å². The van der Waals surface area contributed by atoms with Gasteiger partial charge in [-0.25, -0.2) is 0 Å². The lowest BCUT2D eigenvalue weighted by molar-refractivity contribution is 0.310. The minimum Gasteiger partial charge on any atom is -0.494 e. The number of rotatable bonds is 6. The average Bonchev–Trinajstić information content (AvgIpc) is 2.74. The predicted octanol–water partition coefficient (Wildman–Crippen LogP) is 6.75. The molecule has 0 N–H and O–H groups in total. The van der Waals surface area contributed by atoms with Crippen molar-refractivity contribution in [2.75, 3.05) is 6.61 Å². The Labute approximate surface area is 160 Å². The summed E-state index contributed by atoms with van der Waals surface area (Å²) < 4.78 is 5.81. The van der Waals surface area contributed by atoms with E-state index in [2.05, 4.69) is 66.5 Å². The molecule has 27 heavy (non-hydrogen) atoms. The van der Waals surface area contributed by atoms with E-state index >= 15 is 0 Å². The monoisotopic (exact) mass is 353 g/mol. The number of benzene rings is 3. The molecule has 0 aliphatic rings. The number of nitrogens with zero attached hydrogens (tertiary/aromatic N) is 1. The van der Waals surface area contributed by atoms with Gasteiger partial charge in [-0.1, -0.05) is 67.9 Å². The standard InChI is InChI=1S/C25H23NO/c1-2-3-15-27-24-13-11-20-16-22(10-9-21(20)17-24)25-14-12-23(18-26-25)19-7-5-4-6-8-19/h4-14,16-18H,2-3,15H2,1H3. The van der Waals surface area contributed by atoms with Crippen LogP contribution in [0, 0.1) is 0 Å². The fraction of sp³-hybridized carbons (Fsp3) is 0.160. The van der Waals surface area contributed by atoms with Crippen LogP contribution in [0.15, 0.2) is 85.1 Å². The molecule has 2 nitrogen and oxygen atoms in total. The molecule has 0 saturated heterocycles. The van der Waals surface area contributed by atoms with Gasteiger partial charge >= 0.3 is 0 Å². The van der Waals surface area contributed by atoms with Gasteiger partial charge in [0.1, 0.15) is 5.75 Å². The zero-order valence-electron chi connectivity index (χ0n) is 15.6. The summed E-state index contributed by atoms with van der Waals surface area (Å²) in [5, 5.41) is 2.39. The van der Waals surface area contributed by atoms with Gasteiger partial charge in [0, 0.05) is 17.3 Å². The van der Waals surface area contributed by atoms with Gasteiger partial charge in [0.15, 0.2) is 0 Å². The van der Waals surface area contributed by atoms with Gasteiger partial charge in [-0.2, -0.15) is 0 Å². The first kappa shape index (κ1) is 17.3. The minimum absolute atomic E-state index is 0.776. The molecule has 0 saturated carbocycles. The van der Waals surface area contributed by atoms with Crippen molar-refractivity contribution >= 4 is 10.8 Å². The Kier molecular flexibility index (Phi) is 5.15. The Morgan fingerprint density at radius 2 is 1.52 bits per heavy atom. The van der Waals surface area contributed by atoms with E-state index in [1.165, 1.54) is 16.3 Å². The quantitative estimate of drug-likeness (QED) is 0.358. The van der Waals surface area contributed by atoms with Crippen LogP contribution in [0.1, 0.15) is 19.8 Å². The first-order valence-electron chi connectivity index (χ1n) is 9.52. The highest BCUT2D eigenvalue weighted by Gasteiger charge is 2.04. The van der Waals surface area contributed by atoms with Gasteiger partial charge in [0.25, 0.3) is 0 Å². The fourth-order valence-electron chi connectivity index (χ4n) is 3.17. The third kappa shape index (κ3) is 4.01. The SMILES string of the molecule is CCCCOc1ccc2cc(-c3ccc(-c4ccccc4)cn3)ccc2c1. The van der Waals surface area contributed by atoms with Crippen LogP contribution in [0.2, 0.25) is 0 Å². The largest absolute Gasteiger partial charge is 0.494 e. The highest BCUT2D eigenvalue weighted by atomic mass is 16.5. The third-order valence-electron chi connectivity index (χ3n) is 4.74. The summed E-state index contributed by atoms with van der Waals surface area (Å²) in [5.74, 6) is 0.939. The lowest BCUT2D eigenvalue weighted by Crippen LogP contribution is -1.96. The van der Waals surface area contributed by atoms with Crippen LogP contribution in [0.4, 0.5) is 0 Å². The second kappa shape index (κ2) is 8.05. The molecule has 4 aromatic rings. The summed E-state index contributed by atoms with van der Waals surface area (Å²) in [6.07, 6.45) is 4.17. The summed E-state index contributed by atoms with van der Waals surface area (Å²) in [4.78, 5) is 4.67. The van der Waals surface area contributed by atoms with Gasteiger partial charge in [-0.3, -0.25) is 4.98 Å². The maximum atomic E-state index is 5.81. The van der Waals surface area contributed by atoms with Gasteiger partial charge in [-0.15, -0.1) is 0 Å². The van der Waals surface area contributed by atoms with Crippen molar-refractivity contribution < 1.29 is 4.74 Å². The second-order valence-electron chi connectivity index (χ2n) is 6.72. The van der Waals surface area contributed by atoms with Crippen molar-refractivity contribution in [1.29, 1.82) is 0 Å². The Balaban J connectivity index is 1.57. The number of pyridine rings is 1. The predicted molar refractivity (Wildman–Crippen MR) is 113 cm³/mol. The maximum absolute atomic E-state index is 5.81. The maximum Gasteiger partial charge on any atom is 0.119 e. The molecule has 2 heteroatoms. The molecule has 0 aliphatic heterocycles. The number of ether oxygens (including phenoxy) is 1. The van der Waals surface area contributed by atoms with Crippen molar-refractivity contribution in [2.45, 2.75) is 19.8 Å². The first-order chi connectivity index (χ1) is 13.3. The van der Waals surface area contributed by atoms with Gasteiger partial charge in [-0.05, 0) is 47.0 Å². The molecule has 0 fully saturated rings. The van der Waals surface area contributed by atoms with E-state index in [1.54, 1.807) is 0 Å². The van der Waals surface area contributed by atoms with Gasteiger partial charge < -0.3 is 4.74 Å². The fourth-order valence-corrected chi connectivity index (χ4v) is 3.17. The number of hydrogen-bond acceptors (Lipinski definition) is 2. The van der Waals surface area contributed by atoms with E-state index in [9.17, 15) is 0 Å². The smallest absolute Gasteiger partial charge is 0.119 e. The molecule has 0 atom stereocenters. The molecule has 0 unspecified atom stereocenters. The molecule has 0 bridgehead atoms. The van der Waals surface area contributed by atoms with E-state index in [1.807, 2.05) is 30.5 Å². The molecule has 4 rings (SSSR count). The van der Waals surface area contributed by atoms with E-state index < -0.39 is 0 Å². The van der Waals surface area contributed by atoms with E-state index in [4.69, 9.17) is 4.74 Å². The van der Waals surface area contributed by atoms with Gasteiger partial charge in [0.05, 0.1) is 12.3 Å². The molecular formula is C25H23NO. The molecule has 134 valence electrons. The molecule has 1 aromatic heterocycles. The van der Waals surface area contributed by atoms with E-state index in [0.717, 1.165) is 42.0 Å². The Hall–Kier alpha value is -3.13. The molecule has 1 heterocycles. The molecule has 0 aliphatic carbocycles. The number of fused-ring (bicyclic) bond motifs is 1. The summed E-state index contributed by atoms with van der Waals surface area (Å²) >= 11 is 0. The van der Waals surface area contributed by atoms with Crippen molar-refractivity contribution in [2.24, 2.45) is 0 Å². The average molecular weight is 353 g/mol. The molecule has 0 radical (unpaired) electrons. The van der Waals surface area contributed by atoms with Gasteiger partial charge in [0.2, 0.25) is 0 Å². The molecule has 0 amide bonds. The minimum atomic E-state index is 0.776. The van der Waals surface area contributed by atoms with Crippen molar-refractivity contribution in [1.82, 2.24) is 4.98 Å². The summed E-state index contributed by atoms with van der Waals surface area (Å²) in [7, 11) is 0. The summed E-state index contributed by atoms with van der Waals surface area (Å²) in [6.45, 7) is 2.95. The topological polar surface area (TPSA) is 22.1 Å². The number of aromatic nitrogens is 1. The van der Waals surface area contributed by atoms with Crippen LogP contribution >= 0.6 is 0 Å². The molecule has 3 aromatic carbocycles.